The predicted octanol–water partition coefficient (Wildman–Crippen LogP) is 3.87. The van der Waals surface area contributed by atoms with Crippen LogP contribution in [0.5, 0.6) is 5.75 Å². The highest BCUT2D eigenvalue weighted by Gasteiger charge is 2.15. The van der Waals surface area contributed by atoms with E-state index in [1.54, 1.807) is 7.11 Å². The van der Waals surface area contributed by atoms with Crippen LogP contribution in [-0.2, 0) is 11.3 Å². The minimum absolute atomic E-state index is 0.0472. The molecule has 8 heteroatoms. The number of carbonyl (C=O) groups excluding carboxylic acids is 1. The van der Waals surface area contributed by atoms with Crippen LogP contribution in [0.1, 0.15) is 5.56 Å². The van der Waals surface area contributed by atoms with Gasteiger partial charge in [0, 0.05) is 11.9 Å². The first-order valence-corrected chi connectivity index (χ1v) is 10.5. The number of thioether (sulfide) groups is 1. The molecule has 0 saturated heterocycles. The van der Waals surface area contributed by atoms with Gasteiger partial charge in [0.05, 0.1) is 18.6 Å². The number of nitrogens with zero attached hydrogens (tertiary/aromatic N) is 3. The smallest absolute Gasteiger partial charge is 0.230 e. The number of fused-ring (bicyclic) bond motifs is 1. The Hall–Kier alpha value is -2.84. The molecule has 4 aromatic rings. The van der Waals surface area contributed by atoms with Crippen LogP contribution in [0.4, 0.5) is 0 Å². The molecule has 0 unspecified atom stereocenters. The molecule has 0 radical (unpaired) electrons. The zero-order chi connectivity index (χ0) is 19.3. The van der Waals surface area contributed by atoms with Gasteiger partial charge in [0.2, 0.25) is 10.9 Å². The number of nitrogens with one attached hydrogen (secondary N) is 1. The van der Waals surface area contributed by atoms with Crippen molar-refractivity contribution in [2.24, 2.45) is 0 Å². The quantitative estimate of drug-likeness (QED) is 0.469. The zero-order valence-corrected chi connectivity index (χ0v) is 16.8. The molecule has 0 aliphatic rings. The standard InChI is InChI=1S/C20H18N4O2S2/c1-26-16-9-7-14(8-10-16)11-21-18(25)13-28-20-23-22-19-24(20)17(12-27-19)15-5-3-2-4-6-15/h2-10,12H,11,13H2,1H3,(H,21,25). The lowest BCUT2D eigenvalue weighted by atomic mass is 10.2. The SMILES string of the molecule is COc1ccc(CNC(=O)CSc2nnc3scc(-c4ccccc4)n23)cc1. The fourth-order valence-corrected chi connectivity index (χ4v) is 4.39. The monoisotopic (exact) mass is 410 g/mol. The normalized spacial score (nSPS) is 10.9. The lowest BCUT2D eigenvalue weighted by Crippen LogP contribution is -2.24. The molecule has 0 atom stereocenters. The lowest BCUT2D eigenvalue weighted by Gasteiger charge is -2.06. The van der Waals surface area contributed by atoms with Gasteiger partial charge in [-0.25, -0.2) is 0 Å². The largest absolute Gasteiger partial charge is 0.497 e. The summed E-state index contributed by atoms with van der Waals surface area (Å²) in [4.78, 5) is 13.1. The van der Waals surface area contributed by atoms with Gasteiger partial charge < -0.3 is 10.1 Å². The molecule has 2 heterocycles. The van der Waals surface area contributed by atoms with Crippen LogP contribution in [0.3, 0.4) is 0 Å². The van der Waals surface area contributed by atoms with Crippen molar-refractivity contribution in [2.45, 2.75) is 11.7 Å². The van der Waals surface area contributed by atoms with E-state index >= 15 is 0 Å². The summed E-state index contributed by atoms with van der Waals surface area (Å²) in [6, 6.07) is 17.7. The molecule has 0 fully saturated rings. The molecule has 28 heavy (non-hydrogen) atoms. The topological polar surface area (TPSA) is 68.5 Å². The molecule has 0 spiro atoms. The molecule has 4 rings (SSSR count). The lowest BCUT2D eigenvalue weighted by molar-refractivity contribution is -0.118. The maximum absolute atomic E-state index is 12.3. The van der Waals surface area contributed by atoms with Gasteiger partial charge in [-0.15, -0.1) is 21.5 Å². The molecule has 2 aromatic heterocycles. The van der Waals surface area contributed by atoms with Crippen molar-refractivity contribution in [3.05, 3.63) is 65.5 Å². The van der Waals surface area contributed by atoms with Gasteiger partial charge in [-0.3, -0.25) is 9.20 Å². The minimum Gasteiger partial charge on any atom is -0.497 e. The van der Waals surface area contributed by atoms with E-state index in [9.17, 15) is 4.79 Å². The molecule has 6 nitrogen and oxygen atoms in total. The molecule has 1 amide bonds. The number of benzene rings is 2. The molecule has 0 aliphatic carbocycles. The van der Waals surface area contributed by atoms with Crippen LogP contribution < -0.4 is 10.1 Å². The summed E-state index contributed by atoms with van der Waals surface area (Å²) in [5.41, 5.74) is 3.15. The number of ether oxygens (including phenoxy) is 1. The number of aromatic nitrogens is 3. The second-order valence-electron chi connectivity index (χ2n) is 6.00. The van der Waals surface area contributed by atoms with Crippen molar-refractivity contribution in [1.29, 1.82) is 0 Å². The number of hydrogen-bond acceptors (Lipinski definition) is 6. The van der Waals surface area contributed by atoms with Crippen molar-refractivity contribution < 1.29 is 9.53 Å². The van der Waals surface area contributed by atoms with Gasteiger partial charge in [-0.1, -0.05) is 54.2 Å². The minimum atomic E-state index is -0.0472. The van der Waals surface area contributed by atoms with Crippen LogP contribution in [-0.4, -0.2) is 33.4 Å². The second kappa shape index (κ2) is 8.45. The average molecular weight is 411 g/mol. The zero-order valence-electron chi connectivity index (χ0n) is 15.2. The summed E-state index contributed by atoms with van der Waals surface area (Å²) in [7, 11) is 1.63. The number of amides is 1. The van der Waals surface area contributed by atoms with Crippen molar-refractivity contribution in [2.75, 3.05) is 12.9 Å². The van der Waals surface area contributed by atoms with Crippen molar-refractivity contribution in [1.82, 2.24) is 19.9 Å². The number of carbonyl (C=O) groups is 1. The van der Waals surface area contributed by atoms with E-state index in [2.05, 4.69) is 33.0 Å². The third kappa shape index (κ3) is 4.02. The maximum atomic E-state index is 12.3. The highest BCUT2D eigenvalue weighted by atomic mass is 32.2. The first kappa shape index (κ1) is 18.5. The highest BCUT2D eigenvalue weighted by Crippen LogP contribution is 2.29. The Morgan fingerprint density at radius 2 is 1.93 bits per heavy atom. The van der Waals surface area contributed by atoms with Crippen LogP contribution in [0.25, 0.3) is 16.2 Å². The first-order chi connectivity index (χ1) is 13.7. The van der Waals surface area contributed by atoms with Gasteiger partial charge in [-0.05, 0) is 23.3 Å². The third-order valence-corrected chi connectivity index (χ3v) is 5.92. The van der Waals surface area contributed by atoms with Crippen molar-refractivity contribution in [3.8, 4) is 17.0 Å². The summed E-state index contributed by atoms with van der Waals surface area (Å²) >= 11 is 2.92. The Balaban J connectivity index is 1.40. The molecule has 2 aromatic carbocycles. The Kier molecular flexibility index (Phi) is 5.59. The molecule has 0 saturated carbocycles. The molecular formula is C20H18N4O2S2. The Morgan fingerprint density at radius 3 is 2.68 bits per heavy atom. The maximum Gasteiger partial charge on any atom is 0.230 e. The van der Waals surface area contributed by atoms with Crippen molar-refractivity contribution >= 4 is 34.0 Å². The molecular weight excluding hydrogens is 392 g/mol. The number of hydrogen-bond donors (Lipinski definition) is 1. The Morgan fingerprint density at radius 1 is 1.14 bits per heavy atom. The number of rotatable bonds is 7. The Bertz CT molecular complexity index is 1070. The van der Waals surface area contributed by atoms with Gasteiger partial charge in [0.25, 0.3) is 0 Å². The van der Waals surface area contributed by atoms with E-state index in [0.717, 1.165) is 32.7 Å². The molecule has 0 bridgehead atoms. The predicted molar refractivity (Wildman–Crippen MR) is 112 cm³/mol. The fraction of sp³-hybridized carbons (Fsp3) is 0.150. The average Bonchev–Trinajstić information content (AvgIpc) is 3.34. The van der Waals surface area contributed by atoms with Crippen molar-refractivity contribution in [3.63, 3.8) is 0 Å². The van der Waals surface area contributed by atoms with Crippen LogP contribution >= 0.6 is 23.1 Å². The molecule has 0 aliphatic heterocycles. The summed E-state index contributed by atoms with van der Waals surface area (Å²) in [6.07, 6.45) is 0. The number of methoxy groups -OCH3 is 1. The summed E-state index contributed by atoms with van der Waals surface area (Å²) in [6.45, 7) is 0.479. The first-order valence-electron chi connectivity index (χ1n) is 8.65. The van der Waals surface area contributed by atoms with E-state index in [0.29, 0.717) is 6.54 Å². The van der Waals surface area contributed by atoms with E-state index in [1.807, 2.05) is 46.9 Å². The summed E-state index contributed by atoms with van der Waals surface area (Å²) in [5, 5.41) is 14.2. The van der Waals surface area contributed by atoms with Gasteiger partial charge in [-0.2, -0.15) is 0 Å². The third-order valence-electron chi connectivity index (χ3n) is 4.17. The fourth-order valence-electron chi connectivity index (χ4n) is 2.73. The van der Waals surface area contributed by atoms with E-state index < -0.39 is 0 Å². The van der Waals surface area contributed by atoms with Crippen LogP contribution in [0.2, 0.25) is 0 Å². The van der Waals surface area contributed by atoms with Gasteiger partial charge in [0.1, 0.15) is 5.75 Å². The van der Waals surface area contributed by atoms with Crippen LogP contribution in [0, 0.1) is 0 Å². The molecule has 1 N–H and O–H groups in total. The highest BCUT2D eigenvalue weighted by molar-refractivity contribution is 7.99. The second-order valence-corrected chi connectivity index (χ2v) is 7.78. The summed E-state index contributed by atoms with van der Waals surface area (Å²) in [5.74, 6) is 1.03. The Labute approximate surface area is 170 Å². The van der Waals surface area contributed by atoms with E-state index in [-0.39, 0.29) is 11.7 Å². The van der Waals surface area contributed by atoms with E-state index in [1.165, 1.54) is 23.1 Å². The van der Waals surface area contributed by atoms with Gasteiger partial charge in [0.15, 0.2) is 5.16 Å². The number of thiazole rings is 1. The molecule has 142 valence electrons. The van der Waals surface area contributed by atoms with Gasteiger partial charge >= 0.3 is 0 Å². The summed E-state index contributed by atoms with van der Waals surface area (Å²) < 4.78 is 7.14. The van der Waals surface area contributed by atoms with Crippen LogP contribution in [0.15, 0.2) is 65.1 Å². The van der Waals surface area contributed by atoms with E-state index in [4.69, 9.17) is 4.74 Å².